The molecule has 262 valence electrons. The summed E-state index contributed by atoms with van der Waals surface area (Å²) < 4.78 is 5.06. The van der Waals surface area contributed by atoms with Gasteiger partial charge < -0.3 is 0 Å². The highest BCUT2D eigenvalue weighted by Gasteiger charge is 2.18. The first-order chi connectivity index (χ1) is 27.7. The highest BCUT2D eigenvalue weighted by atomic mass is 32.1. The second kappa shape index (κ2) is 13.5. The van der Waals surface area contributed by atoms with Crippen LogP contribution in [0.15, 0.2) is 194 Å². The van der Waals surface area contributed by atoms with Crippen molar-refractivity contribution in [2.24, 2.45) is 0 Å². The summed E-state index contributed by atoms with van der Waals surface area (Å²) in [5.41, 5.74) is 12.0. The zero-order valence-corrected chi connectivity index (χ0v) is 31.8. The first kappa shape index (κ1) is 32.7. The fourth-order valence-electron chi connectivity index (χ4n) is 7.95. The minimum absolute atomic E-state index is 0.722. The summed E-state index contributed by atoms with van der Waals surface area (Å²) in [6, 6.07) is 69.7. The van der Waals surface area contributed by atoms with Crippen LogP contribution < -0.4 is 0 Å². The summed E-state index contributed by atoms with van der Waals surface area (Å²) in [5.74, 6) is 0.722. The first-order valence-electron chi connectivity index (χ1n) is 18.8. The van der Waals surface area contributed by atoms with E-state index in [2.05, 4.69) is 194 Å². The average Bonchev–Trinajstić information content (AvgIpc) is 3.86. The van der Waals surface area contributed by atoms with Gasteiger partial charge in [-0.25, -0.2) is 9.97 Å². The average molecular weight is 749 g/mol. The molecule has 0 fully saturated rings. The molecule has 11 rings (SSSR count). The molecule has 0 saturated carbocycles. The van der Waals surface area contributed by atoms with E-state index in [-0.39, 0.29) is 0 Å². The molecule has 11 aromatic rings. The van der Waals surface area contributed by atoms with Gasteiger partial charge in [0.2, 0.25) is 0 Å². The zero-order valence-electron chi connectivity index (χ0n) is 30.2. The van der Waals surface area contributed by atoms with E-state index in [1.54, 1.807) is 0 Å². The molecule has 0 unspecified atom stereocenters. The molecule has 3 heterocycles. The van der Waals surface area contributed by atoms with E-state index in [0.29, 0.717) is 0 Å². The highest BCUT2D eigenvalue weighted by molar-refractivity contribution is 7.26. The Morgan fingerprint density at radius 2 is 0.732 bits per heavy atom. The number of rotatable bonds is 6. The van der Waals surface area contributed by atoms with Crippen molar-refractivity contribution in [3.8, 4) is 67.3 Å². The Kier molecular flexibility index (Phi) is 7.90. The van der Waals surface area contributed by atoms with Crippen LogP contribution in [0.3, 0.4) is 0 Å². The van der Waals surface area contributed by atoms with Crippen molar-refractivity contribution in [3.63, 3.8) is 0 Å². The van der Waals surface area contributed by atoms with Crippen LogP contribution in [0.25, 0.3) is 108 Å². The molecular weight excluding hydrogens is 717 g/mol. The third-order valence-electron chi connectivity index (χ3n) is 10.7. The summed E-state index contributed by atoms with van der Waals surface area (Å²) >= 11 is 3.67. The Bertz CT molecular complexity index is 3230. The lowest BCUT2D eigenvalue weighted by molar-refractivity contribution is 1.19. The van der Waals surface area contributed by atoms with Gasteiger partial charge in [-0.2, -0.15) is 0 Å². The van der Waals surface area contributed by atoms with Gasteiger partial charge in [-0.15, -0.1) is 22.7 Å². The van der Waals surface area contributed by atoms with E-state index in [9.17, 15) is 0 Å². The smallest absolute Gasteiger partial charge is 0.161 e. The first-order valence-corrected chi connectivity index (χ1v) is 20.4. The topological polar surface area (TPSA) is 25.8 Å². The third kappa shape index (κ3) is 5.70. The molecule has 8 aromatic carbocycles. The number of thiophene rings is 2. The monoisotopic (exact) mass is 748 g/mol. The summed E-state index contributed by atoms with van der Waals surface area (Å²) in [7, 11) is 0. The maximum absolute atomic E-state index is 5.45. The van der Waals surface area contributed by atoms with Gasteiger partial charge in [-0.3, -0.25) is 0 Å². The molecule has 0 saturated heterocycles. The predicted octanol–water partition coefficient (Wildman–Crippen LogP) is 15.2. The Morgan fingerprint density at radius 3 is 1.38 bits per heavy atom. The van der Waals surface area contributed by atoms with Crippen LogP contribution in [0.2, 0.25) is 0 Å². The highest BCUT2D eigenvalue weighted by Crippen LogP contribution is 2.43. The van der Waals surface area contributed by atoms with Gasteiger partial charge in [-0.1, -0.05) is 152 Å². The van der Waals surface area contributed by atoms with Gasteiger partial charge in [0, 0.05) is 57.0 Å². The molecule has 0 radical (unpaired) electrons. The SMILES string of the molecule is c1ccc(-c2ccc(-c3cc(-c4cc(-c5ccccc5)cc(-c5cccc6c5sc5ccccc56)c4)nc(-c4cccc5c4sc4ccccc45)n3)cc2)cc1. The summed E-state index contributed by atoms with van der Waals surface area (Å²) in [6.45, 7) is 0. The molecule has 0 bridgehead atoms. The van der Waals surface area contributed by atoms with Crippen molar-refractivity contribution in [2.75, 3.05) is 0 Å². The predicted molar refractivity (Wildman–Crippen MR) is 240 cm³/mol. The number of hydrogen-bond donors (Lipinski definition) is 0. The molecule has 0 aliphatic heterocycles. The number of benzene rings is 8. The fourth-order valence-corrected chi connectivity index (χ4v) is 10.4. The molecule has 0 aliphatic rings. The molecule has 0 spiro atoms. The van der Waals surface area contributed by atoms with Crippen LogP contribution in [-0.4, -0.2) is 9.97 Å². The molecule has 56 heavy (non-hydrogen) atoms. The second-order valence-corrected chi connectivity index (χ2v) is 16.2. The van der Waals surface area contributed by atoms with Crippen molar-refractivity contribution in [1.29, 1.82) is 0 Å². The Balaban J connectivity index is 1.15. The summed E-state index contributed by atoms with van der Waals surface area (Å²) in [5, 5.41) is 5.08. The Labute approximate surface area is 332 Å². The van der Waals surface area contributed by atoms with Crippen LogP contribution in [-0.2, 0) is 0 Å². The van der Waals surface area contributed by atoms with Gasteiger partial charge in [0.25, 0.3) is 0 Å². The standard InChI is InChI=1S/C52H32N2S2/c1-3-13-33(14-4-1)35-25-27-36(28-26-35)46-32-47(54-52(53-46)45-22-12-21-44-42-18-8-10-24-49(42)56-51(44)45)39-30-37(34-15-5-2-6-16-34)29-38(31-39)40-19-11-20-43-41-17-7-9-23-48(41)55-50(40)43/h1-32H. The van der Waals surface area contributed by atoms with E-state index in [1.807, 2.05) is 22.7 Å². The third-order valence-corrected chi connectivity index (χ3v) is 13.2. The van der Waals surface area contributed by atoms with E-state index in [1.165, 1.54) is 68.2 Å². The van der Waals surface area contributed by atoms with Crippen LogP contribution in [0.5, 0.6) is 0 Å². The second-order valence-electron chi connectivity index (χ2n) is 14.1. The largest absolute Gasteiger partial charge is 0.228 e. The molecular formula is C52H32N2S2. The van der Waals surface area contributed by atoms with Gasteiger partial charge in [0.1, 0.15) is 0 Å². The van der Waals surface area contributed by atoms with Crippen molar-refractivity contribution < 1.29 is 0 Å². The van der Waals surface area contributed by atoms with Gasteiger partial charge in [-0.05, 0) is 75.8 Å². The lowest BCUT2D eigenvalue weighted by Gasteiger charge is -2.14. The van der Waals surface area contributed by atoms with Crippen LogP contribution in [0.4, 0.5) is 0 Å². The Morgan fingerprint density at radius 1 is 0.286 bits per heavy atom. The maximum atomic E-state index is 5.45. The van der Waals surface area contributed by atoms with Crippen molar-refractivity contribution in [1.82, 2.24) is 9.97 Å². The van der Waals surface area contributed by atoms with Crippen LogP contribution in [0.1, 0.15) is 0 Å². The molecule has 3 aromatic heterocycles. The fraction of sp³-hybridized carbons (Fsp3) is 0. The van der Waals surface area contributed by atoms with E-state index < -0.39 is 0 Å². The van der Waals surface area contributed by atoms with Crippen LogP contribution >= 0.6 is 22.7 Å². The van der Waals surface area contributed by atoms with E-state index >= 15 is 0 Å². The van der Waals surface area contributed by atoms with Gasteiger partial charge in [0.05, 0.1) is 11.4 Å². The van der Waals surface area contributed by atoms with E-state index in [4.69, 9.17) is 9.97 Å². The summed E-state index contributed by atoms with van der Waals surface area (Å²) in [6.07, 6.45) is 0. The van der Waals surface area contributed by atoms with E-state index in [0.717, 1.165) is 39.5 Å². The Hall–Kier alpha value is -6.72. The molecule has 2 nitrogen and oxygen atoms in total. The van der Waals surface area contributed by atoms with Gasteiger partial charge in [0.15, 0.2) is 5.82 Å². The maximum Gasteiger partial charge on any atom is 0.161 e. The van der Waals surface area contributed by atoms with Crippen molar-refractivity contribution >= 4 is 63.0 Å². The normalized spacial score (nSPS) is 11.6. The lowest BCUT2D eigenvalue weighted by atomic mass is 9.93. The summed E-state index contributed by atoms with van der Waals surface area (Å²) in [4.78, 5) is 10.8. The van der Waals surface area contributed by atoms with Crippen LogP contribution in [0, 0.1) is 0 Å². The number of aromatic nitrogens is 2. The number of fused-ring (bicyclic) bond motifs is 6. The number of hydrogen-bond acceptors (Lipinski definition) is 4. The van der Waals surface area contributed by atoms with Crippen molar-refractivity contribution in [2.45, 2.75) is 0 Å². The minimum atomic E-state index is 0.722. The molecule has 4 heteroatoms. The lowest BCUT2D eigenvalue weighted by Crippen LogP contribution is -1.97. The molecule has 0 N–H and O–H groups in total. The molecule has 0 aliphatic carbocycles. The number of nitrogens with zero attached hydrogens (tertiary/aromatic N) is 2. The molecule has 0 amide bonds. The van der Waals surface area contributed by atoms with Gasteiger partial charge >= 0.3 is 0 Å². The molecule has 0 atom stereocenters. The minimum Gasteiger partial charge on any atom is -0.228 e. The quantitative estimate of drug-likeness (QED) is 0.169. The zero-order chi connectivity index (χ0) is 37.0. The van der Waals surface area contributed by atoms with Crippen molar-refractivity contribution in [3.05, 3.63) is 194 Å².